The van der Waals surface area contributed by atoms with Crippen molar-refractivity contribution in [3.63, 3.8) is 0 Å². The molecule has 6 nitrogen and oxygen atoms in total. The Morgan fingerprint density at radius 2 is 1.78 bits per heavy atom. The molecule has 1 N–H and O–H groups in total. The van der Waals surface area contributed by atoms with Crippen molar-refractivity contribution >= 4 is 11.8 Å². The molecule has 1 unspecified atom stereocenters. The standard InChI is InChI=1S/C21H32N4O2/c1-23(2)19-10-13-24(15-19)16-20(26)22-14-17-6-8-18(9-7-17)21(27)25-11-4-3-5-12-25/h6-9,19H,3-5,10-16H2,1-2H3,(H,22,26). The zero-order valence-electron chi connectivity index (χ0n) is 16.6. The van der Waals surface area contributed by atoms with Crippen LogP contribution in [0.25, 0.3) is 0 Å². The van der Waals surface area contributed by atoms with E-state index in [1.165, 1.54) is 6.42 Å². The Bertz CT molecular complexity index is 638. The molecule has 6 heteroatoms. The van der Waals surface area contributed by atoms with E-state index in [0.29, 0.717) is 19.1 Å². The molecule has 2 heterocycles. The molecule has 2 aliphatic heterocycles. The van der Waals surface area contributed by atoms with Crippen LogP contribution in [0.1, 0.15) is 41.6 Å². The van der Waals surface area contributed by atoms with Gasteiger partial charge in [0.05, 0.1) is 6.54 Å². The van der Waals surface area contributed by atoms with E-state index in [0.717, 1.165) is 56.6 Å². The first kappa shape index (κ1) is 19.8. The molecule has 27 heavy (non-hydrogen) atoms. The fourth-order valence-electron chi connectivity index (χ4n) is 3.88. The summed E-state index contributed by atoms with van der Waals surface area (Å²) in [5.41, 5.74) is 1.75. The number of nitrogens with zero attached hydrogens (tertiary/aromatic N) is 3. The van der Waals surface area contributed by atoms with Crippen LogP contribution in [0.2, 0.25) is 0 Å². The number of carbonyl (C=O) groups is 2. The first-order valence-electron chi connectivity index (χ1n) is 10.1. The number of carbonyl (C=O) groups excluding carboxylic acids is 2. The zero-order valence-corrected chi connectivity index (χ0v) is 16.6. The van der Waals surface area contributed by atoms with Gasteiger partial charge in [-0.2, -0.15) is 0 Å². The maximum absolute atomic E-state index is 12.5. The average molecular weight is 373 g/mol. The first-order valence-corrected chi connectivity index (χ1v) is 10.1. The van der Waals surface area contributed by atoms with Gasteiger partial charge in [-0.05, 0) is 57.5 Å². The lowest BCUT2D eigenvalue weighted by Crippen LogP contribution is -2.38. The first-order chi connectivity index (χ1) is 13.0. The van der Waals surface area contributed by atoms with Crippen molar-refractivity contribution in [3.8, 4) is 0 Å². The van der Waals surface area contributed by atoms with Gasteiger partial charge in [-0.1, -0.05) is 12.1 Å². The minimum atomic E-state index is 0.0582. The molecule has 0 radical (unpaired) electrons. The Morgan fingerprint density at radius 3 is 2.41 bits per heavy atom. The summed E-state index contributed by atoms with van der Waals surface area (Å²) in [5, 5.41) is 2.99. The van der Waals surface area contributed by atoms with Crippen molar-refractivity contribution in [3.05, 3.63) is 35.4 Å². The third-order valence-electron chi connectivity index (χ3n) is 5.68. The van der Waals surface area contributed by atoms with Gasteiger partial charge in [-0.15, -0.1) is 0 Å². The predicted octanol–water partition coefficient (Wildman–Crippen LogP) is 1.56. The maximum atomic E-state index is 12.5. The molecule has 0 spiro atoms. The van der Waals surface area contributed by atoms with Crippen LogP contribution in [0.5, 0.6) is 0 Å². The highest BCUT2D eigenvalue weighted by atomic mass is 16.2. The average Bonchev–Trinajstić information content (AvgIpc) is 3.16. The summed E-state index contributed by atoms with van der Waals surface area (Å²) >= 11 is 0. The maximum Gasteiger partial charge on any atom is 0.253 e. The zero-order chi connectivity index (χ0) is 19.2. The van der Waals surface area contributed by atoms with Crippen LogP contribution in [0, 0.1) is 0 Å². The van der Waals surface area contributed by atoms with E-state index in [9.17, 15) is 9.59 Å². The van der Waals surface area contributed by atoms with Crippen molar-refractivity contribution in [2.24, 2.45) is 0 Å². The second kappa shape index (κ2) is 9.33. The highest BCUT2D eigenvalue weighted by Crippen LogP contribution is 2.14. The van der Waals surface area contributed by atoms with E-state index in [-0.39, 0.29) is 11.8 Å². The lowest BCUT2D eigenvalue weighted by Gasteiger charge is -2.26. The molecular formula is C21H32N4O2. The van der Waals surface area contributed by atoms with Crippen LogP contribution in [-0.4, -0.2) is 79.4 Å². The van der Waals surface area contributed by atoms with Crippen molar-refractivity contribution in [2.75, 3.05) is 46.8 Å². The van der Waals surface area contributed by atoms with E-state index in [1.54, 1.807) is 0 Å². The number of likely N-dealkylation sites (tertiary alicyclic amines) is 2. The number of hydrogen-bond acceptors (Lipinski definition) is 4. The quantitative estimate of drug-likeness (QED) is 0.824. The molecule has 1 aromatic rings. The number of amides is 2. The molecule has 2 fully saturated rings. The topological polar surface area (TPSA) is 55.9 Å². The van der Waals surface area contributed by atoms with Crippen molar-refractivity contribution in [1.82, 2.24) is 20.0 Å². The van der Waals surface area contributed by atoms with E-state index >= 15 is 0 Å². The number of hydrogen-bond donors (Lipinski definition) is 1. The van der Waals surface area contributed by atoms with Crippen LogP contribution in [-0.2, 0) is 11.3 Å². The minimum Gasteiger partial charge on any atom is -0.351 e. The van der Waals surface area contributed by atoms with Crippen molar-refractivity contribution in [2.45, 2.75) is 38.3 Å². The molecule has 2 amide bonds. The highest BCUT2D eigenvalue weighted by Gasteiger charge is 2.25. The summed E-state index contributed by atoms with van der Waals surface area (Å²) < 4.78 is 0. The summed E-state index contributed by atoms with van der Waals surface area (Å²) in [6, 6.07) is 8.18. The Balaban J connectivity index is 1.43. The molecule has 0 bridgehead atoms. The number of benzene rings is 1. The van der Waals surface area contributed by atoms with Gasteiger partial charge in [0.15, 0.2) is 0 Å². The Morgan fingerprint density at radius 1 is 1.07 bits per heavy atom. The van der Waals surface area contributed by atoms with E-state index in [2.05, 4.69) is 29.2 Å². The number of likely N-dealkylation sites (N-methyl/N-ethyl adjacent to an activating group) is 1. The largest absolute Gasteiger partial charge is 0.351 e. The molecule has 1 aromatic carbocycles. The van der Waals surface area contributed by atoms with Gasteiger partial charge in [-0.25, -0.2) is 0 Å². The van der Waals surface area contributed by atoms with Gasteiger partial charge >= 0.3 is 0 Å². The molecule has 0 aromatic heterocycles. The monoisotopic (exact) mass is 372 g/mol. The van der Waals surface area contributed by atoms with Gasteiger partial charge in [0.1, 0.15) is 0 Å². The van der Waals surface area contributed by atoms with Crippen molar-refractivity contribution in [1.29, 1.82) is 0 Å². The van der Waals surface area contributed by atoms with Crippen molar-refractivity contribution < 1.29 is 9.59 Å². The summed E-state index contributed by atoms with van der Waals surface area (Å²) in [6.07, 6.45) is 4.53. The third kappa shape index (κ3) is 5.53. The van der Waals surface area contributed by atoms with Crippen LogP contribution in [0.15, 0.2) is 24.3 Å². The third-order valence-corrected chi connectivity index (χ3v) is 5.68. The van der Waals surface area contributed by atoms with Gasteiger partial charge in [0.2, 0.25) is 5.91 Å². The van der Waals surface area contributed by atoms with Gasteiger partial charge < -0.3 is 15.1 Å². The van der Waals surface area contributed by atoms with Crippen LogP contribution >= 0.6 is 0 Å². The van der Waals surface area contributed by atoms with Gasteiger partial charge in [0.25, 0.3) is 5.91 Å². The van der Waals surface area contributed by atoms with E-state index < -0.39 is 0 Å². The lowest BCUT2D eigenvalue weighted by atomic mass is 10.1. The van der Waals surface area contributed by atoms with Gasteiger partial charge in [-0.3, -0.25) is 14.5 Å². The second-order valence-corrected chi connectivity index (χ2v) is 7.97. The predicted molar refractivity (Wildman–Crippen MR) is 107 cm³/mol. The minimum absolute atomic E-state index is 0.0582. The Kier molecular flexibility index (Phi) is 6.85. The fraction of sp³-hybridized carbons (Fsp3) is 0.619. The summed E-state index contributed by atoms with van der Waals surface area (Å²) in [4.78, 5) is 31.1. The molecule has 1 atom stereocenters. The molecule has 2 aliphatic rings. The molecule has 148 valence electrons. The molecule has 3 rings (SSSR count). The Hall–Kier alpha value is -1.92. The second-order valence-electron chi connectivity index (χ2n) is 7.97. The highest BCUT2D eigenvalue weighted by molar-refractivity contribution is 5.94. The molecule has 0 aliphatic carbocycles. The molecular weight excluding hydrogens is 340 g/mol. The number of nitrogens with one attached hydrogen (secondary N) is 1. The summed E-state index contributed by atoms with van der Waals surface area (Å²) in [7, 11) is 4.18. The summed E-state index contributed by atoms with van der Waals surface area (Å²) in [6.45, 7) is 4.61. The normalized spacial score (nSPS) is 20.9. The van der Waals surface area contributed by atoms with E-state index in [4.69, 9.17) is 0 Å². The smallest absolute Gasteiger partial charge is 0.253 e. The molecule has 2 saturated heterocycles. The lowest BCUT2D eigenvalue weighted by molar-refractivity contribution is -0.122. The van der Waals surface area contributed by atoms with E-state index in [1.807, 2.05) is 29.2 Å². The number of rotatable bonds is 6. The number of piperidine rings is 1. The van der Waals surface area contributed by atoms with Gasteiger partial charge in [0, 0.05) is 44.3 Å². The fourth-order valence-corrected chi connectivity index (χ4v) is 3.88. The molecule has 0 saturated carbocycles. The summed E-state index contributed by atoms with van der Waals surface area (Å²) in [5.74, 6) is 0.178. The SMILES string of the molecule is CN(C)C1CCN(CC(=O)NCc2ccc(C(=O)N3CCCCC3)cc2)C1. The van der Waals surface area contributed by atoms with Crippen LogP contribution in [0.3, 0.4) is 0 Å². The Labute approximate surface area is 162 Å². The van der Waals surface area contributed by atoms with Crippen LogP contribution < -0.4 is 5.32 Å². The van der Waals surface area contributed by atoms with Crippen LogP contribution in [0.4, 0.5) is 0 Å².